The van der Waals surface area contributed by atoms with E-state index in [2.05, 4.69) is 0 Å². The highest BCUT2D eigenvalue weighted by Crippen LogP contribution is 2.45. The van der Waals surface area contributed by atoms with Crippen LogP contribution in [-0.2, 0) is 9.59 Å². The Bertz CT molecular complexity index is 329. The van der Waals surface area contributed by atoms with E-state index in [1.807, 2.05) is 0 Å². The van der Waals surface area contributed by atoms with Gasteiger partial charge in [0.25, 0.3) is 0 Å². The van der Waals surface area contributed by atoms with Crippen molar-refractivity contribution in [2.75, 3.05) is 0 Å². The molecule has 4 nitrogen and oxygen atoms in total. The number of hydrogen-bond donors (Lipinski definition) is 2. The van der Waals surface area contributed by atoms with Gasteiger partial charge in [0.15, 0.2) is 0 Å². The molecule has 16 heavy (non-hydrogen) atoms. The smallest absolute Gasteiger partial charge is 0.321 e. The van der Waals surface area contributed by atoms with Gasteiger partial charge in [-0.1, -0.05) is 12.2 Å². The molecule has 3 unspecified atom stereocenters. The number of hydrogen-bond acceptors (Lipinski definition) is 3. The van der Waals surface area contributed by atoms with E-state index >= 15 is 0 Å². The zero-order valence-corrected chi connectivity index (χ0v) is 10.3. The Morgan fingerprint density at radius 3 is 2.56 bits per heavy atom. The molecule has 3 atom stereocenters. The summed E-state index contributed by atoms with van der Waals surface area (Å²) in [6, 6.07) is 0. The molecule has 90 valence electrons. The highest BCUT2D eigenvalue weighted by Gasteiger charge is 2.51. The summed E-state index contributed by atoms with van der Waals surface area (Å²) in [7, 11) is 0. The van der Waals surface area contributed by atoms with Gasteiger partial charge in [-0.05, 0) is 19.8 Å². The molecule has 0 fully saturated rings. The van der Waals surface area contributed by atoms with E-state index in [0.717, 1.165) is 11.8 Å². The van der Waals surface area contributed by atoms with Gasteiger partial charge in [0, 0.05) is 0 Å². The Morgan fingerprint density at radius 2 is 2.12 bits per heavy atom. The highest BCUT2D eigenvalue weighted by atomic mass is 35.5. The molecule has 0 aliphatic heterocycles. The van der Waals surface area contributed by atoms with Gasteiger partial charge in [-0.2, -0.15) is 0 Å². The first-order chi connectivity index (χ1) is 7.40. The van der Waals surface area contributed by atoms with Crippen LogP contribution in [0.15, 0.2) is 12.2 Å². The Kier molecular flexibility index (Phi) is 4.27. The van der Waals surface area contributed by atoms with E-state index in [4.69, 9.17) is 16.7 Å². The summed E-state index contributed by atoms with van der Waals surface area (Å²) < 4.78 is -1.79. The van der Waals surface area contributed by atoms with E-state index in [-0.39, 0.29) is 12.8 Å². The third-order valence-corrected chi connectivity index (χ3v) is 4.19. The van der Waals surface area contributed by atoms with Crippen molar-refractivity contribution in [3.8, 4) is 0 Å². The summed E-state index contributed by atoms with van der Waals surface area (Å²) >= 11 is 6.80. The van der Waals surface area contributed by atoms with Gasteiger partial charge in [-0.25, -0.2) is 0 Å². The number of allylic oxidation sites excluding steroid dienone is 2. The van der Waals surface area contributed by atoms with Gasteiger partial charge >= 0.3 is 11.9 Å². The molecule has 1 aliphatic carbocycles. The van der Waals surface area contributed by atoms with Crippen LogP contribution in [0, 0.1) is 5.92 Å². The monoisotopic (exact) mass is 264 g/mol. The molecule has 0 bridgehead atoms. The summed E-state index contributed by atoms with van der Waals surface area (Å²) in [6.07, 6.45) is 3.85. The van der Waals surface area contributed by atoms with Crippen molar-refractivity contribution < 1.29 is 19.8 Å². The lowest BCUT2D eigenvalue weighted by Crippen LogP contribution is -2.48. The Hall–Kier alpha value is -0.680. The average Bonchev–Trinajstić information content (AvgIpc) is 2.16. The Morgan fingerprint density at radius 1 is 1.50 bits per heavy atom. The predicted octanol–water partition coefficient (Wildman–Crippen LogP) is 2.18. The van der Waals surface area contributed by atoms with E-state index in [0.29, 0.717) is 0 Å². The van der Waals surface area contributed by atoms with Crippen molar-refractivity contribution in [2.45, 2.75) is 29.2 Å². The quantitative estimate of drug-likeness (QED) is 0.601. The van der Waals surface area contributed by atoms with Crippen LogP contribution in [0.2, 0.25) is 0 Å². The fraction of sp³-hybridized carbons (Fsp3) is 0.600. The average molecular weight is 265 g/mol. The molecule has 0 saturated carbocycles. The number of thioether (sulfide) groups is 1. The van der Waals surface area contributed by atoms with Crippen molar-refractivity contribution in [1.29, 1.82) is 0 Å². The summed E-state index contributed by atoms with van der Waals surface area (Å²) in [6.45, 7) is 1.65. The zero-order chi connectivity index (χ0) is 12.3. The van der Waals surface area contributed by atoms with Gasteiger partial charge in [0.1, 0.15) is 4.75 Å². The number of aliphatic carboxylic acids is 2. The number of carbonyl (C=O) groups is 2. The lowest BCUT2D eigenvalue weighted by Gasteiger charge is -2.36. The molecular formula is C10H13ClO4S. The molecule has 1 rings (SSSR count). The Balaban J connectivity index is 3.09. The van der Waals surface area contributed by atoms with Crippen molar-refractivity contribution in [2.24, 2.45) is 5.92 Å². The molecule has 0 aromatic rings. The molecule has 0 spiro atoms. The number of halogens is 1. The molecule has 6 heteroatoms. The van der Waals surface area contributed by atoms with Gasteiger partial charge < -0.3 is 10.2 Å². The maximum absolute atomic E-state index is 11.3. The van der Waals surface area contributed by atoms with Crippen LogP contribution >= 0.6 is 23.4 Å². The fourth-order valence-corrected chi connectivity index (χ4v) is 3.54. The molecule has 0 aromatic carbocycles. The number of carboxylic acid groups (broad SMARTS) is 2. The van der Waals surface area contributed by atoms with E-state index < -0.39 is 27.3 Å². The highest BCUT2D eigenvalue weighted by molar-refractivity contribution is 8.03. The minimum absolute atomic E-state index is 0.195. The first kappa shape index (κ1) is 13.4. The molecule has 2 N–H and O–H groups in total. The standard InChI is InChI=1S/C10H13ClO4S/c1-6(11)16-10(9(14)15)5-3-2-4-7(10)8(12)13/h2-3,6-7H,4-5H2,1H3,(H,12,13)(H,14,15). The van der Waals surface area contributed by atoms with Crippen LogP contribution in [-0.4, -0.2) is 31.6 Å². The normalized spacial score (nSPS) is 31.0. The van der Waals surface area contributed by atoms with Crippen molar-refractivity contribution >= 4 is 35.3 Å². The summed E-state index contributed by atoms with van der Waals surface area (Å²) in [5, 5.41) is 18.4. The van der Waals surface area contributed by atoms with Gasteiger partial charge in [0.05, 0.1) is 10.6 Å². The largest absolute Gasteiger partial charge is 0.481 e. The van der Waals surface area contributed by atoms with Crippen LogP contribution in [0.1, 0.15) is 19.8 Å². The first-order valence-corrected chi connectivity index (χ1v) is 6.15. The van der Waals surface area contributed by atoms with Gasteiger partial charge in [-0.15, -0.1) is 23.4 Å². The minimum atomic E-state index is -1.35. The SMILES string of the molecule is CC(Cl)SC1(C(=O)O)CC=CCC1C(=O)O. The van der Waals surface area contributed by atoms with Crippen LogP contribution in [0.4, 0.5) is 0 Å². The van der Waals surface area contributed by atoms with Crippen LogP contribution in [0.5, 0.6) is 0 Å². The number of alkyl halides is 1. The molecule has 0 saturated heterocycles. The summed E-state index contributed by atoms with van der Waals surface area (Å²) in [5.41, 5.74) is 0. The summed E-state index contributed by atoms with van der Waals surface area (Å²) in [5.74, 6) is -3.13. The minimum Gasteiger partial charge on any atom is -0.481 e. The lowest BCUT2D eigenvalue weighted by atomic mass is 9.82. The molecule has 0 aromatic heterocycles. The van der Waals surface area contributed by atoms with Crippen molar-refractivity contribution in [3.05, 3.63) is 12.2 Å². The third kappa shape index (κ3) is 2.52. The second-order valence-electron chi connectivity index (χ2n) is 3.66. The number of carboxylic acids is 2. The number of rotatable bonds is 4. The molecule has 0 heterocycles. The van der Waals surface area contributed by atoms with E-state index in [1.54, 1.807) is 19.1 Å². The molecular weight excluding hydrogens is 252 g/mol. The van der Waals surface area contributed by atoms with Gasteiger partial charge in [0.2, 0.25) is 0 Å². The van der Waals surface area contributed by atoms with E-state index in [1.165, 1.54) is 0 Å². The third-order valence-electron chi connectivity index (χ3n) is 2.56. The molecule has 0 amide bonds. The van der Waals surface area contributed by atoms with Crippen molar-refractivity contribution in [3.63, 3.8) is 0 Å². The second-order valence-corrected chi connectivity index (χ2v) is 6.24. The van der Waals surface area contributed by atoms with Crippen molar-refractivity contribution in [1.82, 2.24) is 0 Å². The molecule has 1 aliphatic rings. The fourth-order valence-electron chi connectivity index (χ4n) is 1.83. The lowest BCUT2D eigenvalue weighted by molar-refractivity contribution is -0.151. The first-order valence-electron chi connectivity index (χ1n) is 4.83. The van der Waals surface area contributed by atoms with Gasteiger partial charge in [-0.3, -0.25) is 9.59 Å². The zero-order valence-electron chi connectivity index (χ0n) is 8.72. The maximum Gasteiger partial charge on any atom is 0.321 e. The van der Waals surface area contributed by atoms with E-state index in [9.17, 15) is 14.7 Å². The second kappa shape index (κ2) is 5.10. The molecule has 0 radical (unpaired) electrons. The van der Waals surface area contributed by atoms with Crippen LogP contribution in [0.25, 0.3) is 0 Å². The van der Waals surface area contributed by atoms with Crippen LogP contribution < -0.4 is 0 Å². The predicted molar refractivity (Wildman–Crippen MR) is 62.8 cm³/mol. The topological polar surface area (TPSA) is 74.6 Å². The van der Waals surface area contributed by atoms with Crippen LogP contribution in [0.3, 0.4) is 0 Å². The Labute approximate surface area is 103 Å². The maximum atomic E-state index is 11.3. The summed E-state index contributed by atoms with van der Waals surface area (Å²) in [4.78, 5) is 22.5.